The number of carbonyl (C=O) groups excluding carboxylic acids is 1. The second-order valence-corrected chi connectivity index (χ2v) is 3.45. The van der Waals surface area contributed by atoms with E-state index in [1.54, 1.807) is 26.0 Å². The number of para-hydroxylation sites is 1. The van der Waals surface area contributed by atoms with Gasteiger partial charge in [-0.3, -0.25) is 10.1 Å². The summed E-state index contributed by atoms with van der Waals surface area (Å²) < 4.78 is 4.51. The van der Waals surface area contributed by atoms with Gasteiger partial charge in [-0.2, -0.15) is 0 Å². The second kappa shape index (κ2) is 4.74. The zero-order valence-corrected chi connectivity index (χ0v) is 9.31. The Bertz CT molecular complexity index is 426. The number of nitro benzene ring substituents is 1. The van der Waals surface area contributed by atoms with Crippen molar-refractivity contribution in [2.24, 2.45) is 0 Å². The van der Waals surface area contributed by atoms with E-state index in [1.807, 2.05) is 0 Å². The SMILES string of the molecule is COC(=O)c1cccc([C](C)C)c1[N+](=O)[O-]. The number of nitrogens with zero attached hydrogens (tertiary/aromatic N) is 1. The Balaban J connectivity index is 3.44. The first-order chi connectivity index (χ1) is 7.49. The van der Waals surface area contributed by atoms with Crippen molar-refractivity contribution in [1.29, 1.82) is 0 Å². The average Bonchev–Trinajstić information content (AvgIpc) is 2.26. The van der Waals surface area contributed by atoms with Crippen LogP contribution in [0.25, 0.3) is 0 Å². The predicted octanol–water partition coefficient (Wildman–Crippen LogP) is 2.34. The van der Waals surface area contributed by atoms with Gasteiger partial charge >= 0.3 is 5.97 Å². The summed E-state index contributed by atoms with van der Waals surface area (Å²) in [4.78, 5) is 21.8. The van der Waals surface area contributed by atoms with E-state index in [-0.39, 0.29) is 11.3 Å². The molecule has 0 fully saturated rings. The van der Waals surface area contributed by atoms with E-state index in [4.69, 9.17) is 0 Å². The topological polar surface area (TPSA) is 69.4 Å². The van der Waals surface area contributed by atoms with Crippen molar-refractivity contribution in [2.75, 3.05) is 7.11 Å². The first-order valence-electron chi connectivity index (χ1n) is 4.65. The molecule has 85 valence electrons. The number of methoxy groups -OCH3 is 1. The zero-order valence-electron chi connectivity index (χ0n) is 9.31. The molecular formula is C11H12NO4. The smallest absolute Gasteiger partial charge is 0.344 e. The van der Waals surface area contributed by atoms with Gasteiger partial charge in [-0.15, -0.1) is 0 Å². The zero-order chi connectivity index (χ0) is 12.3. The van der Waals surface area contributed by atoms with Crippen LogP contribution in [0.5, 0.6) is 0 Å². The number of rotatable bonds is 3. The van der Waals surface area contributed by atoms with Crippen molar-refractivity contribution in [3.8, 4) is 0 Å². The Hall–Kier alpha value is -1.91. The molecule has 0 amide bonds. The van der Waals surface area contributed by atoms with E-state index in [1.165, 1.54) is 13.2 Å². The summed E-state index contributed by atoms with van der Waals surface area (Å²) in [7, 11) is 1.20. The quantitative estimate of drug-likeness (QED) is 0.447. The van der Waals surface area contributed by atoms with Gasteiger partial charge in [0.05, 0.1) is 12.0 Å². The molecule has 5 nitrogen and oxygen atoms in total. The third-order valence-corrected chi connectivity index (χ3v) is 2.16. The van der Waals surface area contributed by atoms with Crippen molar-refractivity contribution in [3.05, 3.63) is 45.4 Å². The summed E-state index contributed by atoms with van der Waals surface area (Å²) in [6.07, 6.45) is 0. The van der Waals surface area contributed by atoms with Gasteiger partial charge in [-0.1, -0.05) is 26.0 Å². The Morgan fingerprint density at radius 2 is 1.88 bits per heavy atom. The molecule has 1 aromatic carbocycles. The summed E-state index contributed by atoms with van der Waals surface area (Å²) in [6, 6.07) is 4.60. The number of nitro groups is 1. The van der Waals surface area contributed by atoms with Crippen LogP contribution in [0.4, 0.5) is 5.69 Å². The average molecular weight is 222 g/mol. The molecule has 0 aromatic heterocycles. The van der Waals surface area contributed by atoms with E-state index in [0.29, 0.717) is 5.56 Å². The molecule has 1 aromatic rings. The van der Waals surface area contributed by atoms with Crippen LogP contribution >= 0.6 is 0 Å². The monoisotopic (exact) mass is 222 g/mol. The minimum Gasteiger partial charge on any atom is -0.465 e. The summed E-state index contributed by atoms with van der Waals surface area (Å²) in [5.41, 5.74) is 0.230. The molecule has 1 rings (SSSR count). The van der Waals surface area contributed by atoms with E-state index in [9.17, 15) is 14.9 Å². The van der Waals surface area contributed by atoms with Crippen LogP contribution in [-0.2, 0) is 4.74 Å². The van der Waals surface area contributed by atoms with Crippen molar-refractivity contribution >= 4 is 11.7 Å². The van der Waals surface area contributed by atoms with Gasteiger partial charge < -0.3 is 4.74 Å². The van der Waals surface area contributed by atoms with Crippen molar-refractivity contribution in [2.45, 2.75) is 13.8 Å². The second-order valence-electron chi connectivity index (χ2n) is 3.45. The highest BCUT2D eigenvalue weighted by molar-refractivity contribution is 5.94. The van der Waals surface area contributed by atoms with Crippen molar-refractivity contribution in [3.63, 3.8) is 0 Å². The van der Waals surface area contributed by atoms with Crippen LogP contribution in [0.3, 0.4) is 0 Å². The predicted molar refractivity (Wildman–Crippen MR) is 58.1 cm³/mol. The van der Waals surface area contributed by atoms with Crippen LogP contribution in [0, 0.1) is 16.0 Å². The Kier molecular flexibility index (Phi) is 3.60. The number of hydrogen-bond acceptors (Lipinski definition) is 4. The molecular weight excluding hydrogens is 210 g/mol. The number of esters is 1. The normalized spacial score (nSPS) is 10.2. The Morgan fingerprint density at radius 1 is 1.31 bits per heavy atom. The fourth-order valence-electron chi connectivity index (χ4n) is 1.42. The van der Waals surface area contributed by atoms with Crippen LogP contribution < -0.4 is 0 Å². The summed E-state index contributed by atoms with van der Waals surface area (Å²) >= 11 is 0. The highest BCUT2D eigenvalue weighted by atomic mass is 16.6. The molecule has 0 saturated heterocycles. The Morgan fingerprint density at radius 3 is 2.31 bits per heavy atom. The molecule has 0 heterocycles. The summed E-state index contributed by atoms with van der Waals surface area (Å²) in [6.45, 7) is 3.51. The molecule has 0 atom stereocenters. The molecule has 0 aliphatic rings. The minimum atomic E-state index is -0.699. The highest BCUT2D eigenvalue weighted by Gasteiger charge is 2.26. The lowest BCUT2D eigenvalue weighted by molar-refractivity contribution is -0.385. The third-order valence-electron chi connectivity index (χ3n) is 2.16. The lowest BCUT2D eigenvalue weighted by atomic mass is 9.98. The maximum absolute atomic E-state index is 11.4. The van der Waals surface area contributed by atoms with Crippen LogP contribution in [0.1, 0.15) is 29.8 Å². The third kappa shape index (κ3) is 2.18. The molecule has 0 spiro atoms. The van der Waals surface area contributed by atoms with Crippen molar-refractivity contribution in [1.82, 2.24) is 0 Å². The number of hydrogen-bond donors (Lipinski definition) is 0. The van der Waals surface area contributed by atoms with E-state index >= 15 is 0 Å². The molecule has 1 radical (unpaired) electrons. The fourth-order valence-corrected chi connectivity index (χ4v) is 1.42. The molecule has 0 saturated carbocycles. The van der Waals surface area contributed by atoms with Gasteiger partial charge in [0.2, 0.25) is 0 Å². The van der Waals surface area contributed by atoms with Gasteiger partial charge in [0.1, 0.15) is 5.56 Å². The van der Waals surface area contributed by atoms with E-state index < -0.39 is 10.9 Å². The fraction of sp³-hybridized carbons (Fsp3) is 0.273. The first kappa shape index (κ1) is 12.2. The number of ether oxygens (including phenoxy) is 1. The first-order valence-corrected chi connectivity index (χ1v) is 4.65. The highest BCUT2D eigenvalue weighted by Crippen LogP contribution is 2.29. The van der Waals surface area contributed by atoms with Crippen LogP contribution in [0.15, 0.2) is 18.2 Å². The molecule has 0 bridgehead atoms. The molecule has 16 heavy (non-hydrogen) atoms. The minimum absolute atomic E-state index is 0.0220. The molecule has 0 unspecified atom stereocenters. The summed E-state index contributed by atoms with van der Waals surface area (Å²) in [5, 5.41) is 11.0. The standard InChI is InChI=1S/C11H12NO4/c1-7(2)8-5-4-6-9(11(13)16-3)10(8)12(14)15/h4-6H,1-3H3. The number of carbonyl (C=O) groups is 1. The number of benzene rings is 1. The van der Waals surface area contributed by atoms with Crippen LogP contribution in [-0.4, -0.2) is 18.0 Å². The molecule has 0 aliphatic heterocycles. The Labute approximate surface area is 93.2 Å². The van der Waals surface area contributed by atoms with Gasteiger partial charge in [-0.05, 0) is 6.07 Å². The lowest BCUT2D eigenvalue weighted by Crippen LogP contribution is -2.08. The van der Waals surface area contributed by atoms with Gasteiger partial charge in [0.25, 0.3) is 5.69 Å². The van der Waals surface area contributed by atoms with Crippen LogP contribution in [0.2, 0.25) is 0 Å². The lowest BCUT2D eigenvalue weighted by Gasteiger charge is -2.08. The van der Waals surface area contributed by atoms with Gasteiger partial charge in [-0.25, -0.2) is 4.79 Å². The van der Waals surface area contributed by atoms with Gasteiger partial charge in [0.15, 0.2) is 0 Å². The molecule has 0 aliphatic carbocycles. The maximum Gasteiger partial charge on any atom is 0.344 e. The largest absolute Gasteiger partial charge is 0.465 e. The van der Waals surface area contributed by atoms with E-state index in [0.717, 1.165) is 5.92 Å². The van der Waals surface area contributed by atoms with E-state index in [2.05, 4.69) is 4.74 Å². The van der Waals surface area contributed by atoms with Crippen molar-refractivity contribution < 1.29 is 14.5 Å². The maximum atomic E-state index is 11.4. The van der Waals surface area contributed by atoms with Gasteiger partial charge in [0, 0.05) is 11.5 Å². The molecule has 5 heteroatoms. The molecule has 0 N–H and O–H groups in total. The summed E-state index contributed by atoms with van der Waals surface area (Å²) in [5.74, 6) is 0.0762.